The van der Waals surface area contributed by atoms with Crippen molar-refractivity contribution in [2.24, 2.45) is 34.5 Å². The Morgan fingerprint density at radius 3 is 2.64 bits per heavy atom. The summed E-state index contributed by atoms with van der Waals surface area (Å²) in [4.78, 5) is 25.4. The molecule has 0 bridgehead atoms. The molecular weight excluding hydrogens is 276 g/mol. The molecule has 0 radical (unpaired) electrons. The van der Waals surface area contributed by atoms with E-state index >= 15 is 0 Å². The first-order valence-corrected chi connectivity index (χ1v) is 9.10. The van der Waals surface area contributed by atoms with Crippen LogP contribution in [0, 0.1) is 34.5 Å². The molecule has 1 unspecified atom stereocenters. The molecule has 4 aliphatic rings. The standard InChI is InChI=1S/C19H28O3/c1-18-8-7-12(20)9-11(18)3-4-13-14-5-6-16(22)19(14,2)10-15(21)17(13)18/h11-14,17,20H,3-10H2,1-2H3/t11?,12-,13-,14-,17+,18-,19-/m0/s1. The molecule has 0 spiro atoms. The maximum Gasteiger partial charge on any atom is 0.139 e. The molecule has 4 saturated carbocycles. The molecule has 7 atom stereocenters. The molecule has 4 rings (SSSR count). The average Bonchev–Trinajstić information content (AvgIpc) is 2.75. The van der Waals surface area contributed by atoms with Crippen LogP contribution in [0.1, 0.15) is 65.2 Å². The van der Waals surface area contributed by atoms with Crippen molar-refractivity contribution >= 4 is 11.6 Å². The largest absolute Gasteiger partial charge is 0.393 e. The number of carbonyl (C=O) groups is 2. The van der Waals surface area contributed by atoms with Crippen molar-refractivity contribution in [1.29, 1.82) is 0 Å². The first-order chi connectivity index (χ1) is 10.4. The van der Waals surface area contributed by atoms with E-state index in [1.807, 2.05) is 0 Å². The highest BCUT2D eigenvalue weighted by Crippen LogP contribution is 2.64. The Kier molecular flexibility index (Phi) is 3.15. The van der Waals surface area contributed by atoms with Crippen molar-refractivity contribution in [3.8, 4) is 0 Å². The van der Waals surface area contributed by atoms with Crippen molar-refractivity contribution in [3.05, 3.63) is 0 Å². The first-order valence-electron chi connectivity index (χ1n) is 9.10. The number of hydrogen-bond acceptors (Lipinski definition) is 3. The number of ketones is 2. The van der Waals surface area contributed by atoms with E-state index in [-0.39, 0.29) is 22.9 Å². The maximum absolute atomic E-state index is 13.0. The van der Waals surface area contributed by atoms with Crippen molar-refractivity contribution in [1.82, 2.24) is 0 Å². The number of carbonyl (C=O) groups excluding carboxylic acids is 2. The third kappa shape index (κ3) is 1.78. The van der Waals surface area contributed by atoms with Gasteiger partial charge < -0.3 is 5.11 Å². The maximum atomic E-state index is 13.0. The number of aliphatic hydroxyl groups is 1. The molecule has 0 aromatic rings. The van der Waals surface area contributed by atoms with Crippen molar-refractivity contribution < 1.29 is 14.7 Å². The second-order valence-electron chi connectivity index (χ2n) is 8.98. The van der Waals surface area contributed by atoms with E-state index in [1.165, 1.54) is 0 Å². The van der Waals surface area contributed by atoms with Crippen LogP contribution >= 0.6 is 0 Å². The zero-order valence-corrected chi connectivity index (χ0v) is 13.8. The molecule has 0 aromatic heterocycles. The normalized spacial score (nSPS) is 54.6. The van der Waals surface area contributed by atoms with E-state index in [9.17, 15) is 14.7 Å². The van der Waals surface area contributed by atoms with Gasteiger partial charge in [0.25, 0.3) is 0 Å². The molecule has 122 valence electrons. The van der Waals surface area contributed by atoms with Gasteiger partial charge in [0, 0.05) is 24.2 Å². The second-order valence-corrected chi connectivity index (χ2v) is 8.98. The number of hydrogen-bond donors (Lipinski definition) is 1. The Balaban J connectivity index is 1.71. The van der Waals surface area contributed by atoms with Gasteiger partial charge >= 0.3 is 0 Å². The van der Waals surface area contributed by atoms with Crippen LogP contribution in [-0.4, -0.2) is 22.8 Å². The molecule has 4 fully saturated rings. The van der Waals surface area contributed by atoms with Crippen LogP contribution in [0.5, 0.6) is 0 Å². The van der Waals surface area contributed by atoms with E-state index in [2.05, 4.69) is 13.8 Å². The van der Waals surface area contributed by atoms with Gasteiger partial charge in [-0.15, -0.1) is 0 Å². The highest BCUT2D eigenvalue weighted by Gasteiger charge is 2.63. The fourth-order valence-corrected chi connectivity index (χ4v) is 6.83. The molecule has 22 heavy (non-hydrogen) atoms. The molecule has 4 aliphatic carbocycles. The zero-order chi connectivity index (χ0) is 15.7. The molecular formula is C19H28O3. The third-order valence-electron chi connectivity index (χ3n) is 8.04. The number of Topliss-reactive ketones (excluding diaryl/α,β-unsaturated/α-hetero) is 2. The molecule has 0 aromatic carbocycles. The minimum Gasteiger partial charge on any atom is -0.393 e. The Bertz CT molecular complexity index is 527. The van der Waals surface area contributed by atoms with Crippen LogP contribution in [0.2, 0.25) is 0 Å². The minimum absolute atomic E-state index is 0.0617. The van der Waals surface area contributed by atoms with Gasteiger partial charge in [-0.3, -0.25) is 9.59 Å². The van der Waals surface area contributed by atoms with Gasteiger partial charge in [-0.1, -0.05) is 13.8 Å². The summed E-state index contributed by atoms with van der Waals surface area (Å²) >= 11 is 0. The molecule has 0 amide bonds. The summed E-state index contributed by atoms with van der Waals surface area (Å²) in [7, 11) is 0. The summed E-state index contributed by atoms with van der Waals surface area (Å²) in [6, 6.07) is 0. The number of rotatable bonds is 0. The van der Waals surface area contributed by atoms with Crippen LogP contribution in [0.4, 0.5) is 0 Å². The first kappa shape index (κ1) is 14.9. The SMILES string of the molecule is C[C@]12CC[C@H](O)CC1CC[C@@H]1[C@@H]2C(=O)C[C@]2(C)C(=O)CC[C@@H]12. The van der Waals surface area contributed by atoms with Gasteiger partial charge in [-0.05, 0) is 61.7 Å². The quantitative estimate of drug-likeness (QED) is 0.748. The molecule has 1 N–H and O–H groups in total. The average molecular weight is 304 g/mol. The van der Waals surface area contributed by atoms with Gasteiger partial charge in [-0.2, -0.15) is 0 Å². The Morgan fingerprint density at radius 1 is 1.09 bits per heavy atom. The molecule has 0 aliphatic heterocycles. The minimum atomic E-state index is -0.365. The lowest BCUT2D eigenvalue weighted by Gasteiger charge is -2.58. The zero-order valence-electron chi connectivity index (χ0n) is 13.8. The van der Waals surface area contributed by atoms with Gasteiger partial charge in [0.1, 0.15) is 11.6 Å². The van der Waals surface area contributed by atoms with E-state index in [0.29, 0.717) is 42.2 Å². The van der Waals surface area contributed by atoms with Crippen molar-refractivity contribution in [2.45, 2.75) is 71.3 Å². The fraction of sp³-hybridized carbons (Fsp3) is 0.895. The summed E-state index contributed by atoms with van der Waals surface area (Å²) < 4.78 is 0. The Labute approximate surface area is 132 Å². The smallest absolute Gasteiger partial charge is 0.139 e. The van der Waals surface area contributed by atoms with Crippen LogP contribution in [-0.2, 0) is 9.59 Å². The summed E-state index contributed by atoms with van der Waals surface area (Å²) in [5.41, 5.74) is -0.304. The van der Waals surface area contributed by atoms with E-state index in [0.717, 1.165) is 38.5 Å². The summed E-state index contributed by atoms with van der Waals surface area (Å²) in [6.07, 6.45) is 6.86. The van der Waals surface area contributed by atoms with E-state index < -0.39 is 0 Å². The monoisotopic (exact) mass is 304 g/mol. The Hall–Kier alpha value is -0.700. The van der Waals surface area contributed by atoms with E-state index in [4.69, 9.17) is 0 Å². The van der Waals surface area contributed by atoms with E-state index in [1.54, 1.807) is 0 Å². The van der Waals surface area contributed by atoms with Crippen LogP contribution in [0.25, 0.3) is 0 Å². The molecule has 3 nitrogen and oxygen atoms in total. The predicted molar refractivity (Wildman–Crippen MR) is 83.1 cm³/mol. The highest BCUT2D eigenvalue weighted by molar-refractivity contribution is 5.95. The lowest BCUT2D eigenvalue weighted by molar-refractivity contribution is -0.162. The van der Waals surface area contributed by atoms with Gasteiger partial charge in [0.15, 0.2) is 0 Å². The highest BCUT2D eigenvalue weighted by atomic mass is 16.3. The molecule has 0 saturated heterocycles. The lowest BCUT2D eigenvalue weighted by Crippen LogP contribution is -2.57. The van der Waals surface area contributed by atoms with Gasteiger partial charge in [-0.25, -0.2) is 0 Å². The summed E-state index contributed by atoms with van der Waals surface area (Å²) in [5.74, 6) is 2.14. The number of aliphatic hydroxyl groups excluding tert-OH is 1. The summed E-state index contributed by atoms with van der Waals surface area (Å²) in [5, 5.41) is 10.0. The number of fused-ring (bicyclic) bond motifs is 5. The van der Waals surface area contributed by atoms with Gasteiger partial charge in [0.05, 0.1) is 6.10 Å². The third-order valence-corrected chi connectivity index (χ3v) is 8.04. The predicted octanol–water partition coefficient (Wildman–Crippen LogP) is 3.14. The lowest BCUT2D eigenvalue weighted by atomic mass is 9.45. The summed E-state index contributed by atoms with van der Waals surface area (Å²) in [6.45, 7) is 4.36. The second kappa shape index (κ2) is 4.66. The van der Waals surface area contributed by atoms with Crippen LogP contribution in [0.15, 0.2) is 0 Å². The molecule has 0 heterocycles. The van der Waals surface area contributed by atoms with Crippen LogP contribution < -0.4 is 0 Å². The Morgan fingerprint density at radius 2 is 1.86 bits per heavy atom. The fourth-order valence-electron chi connectivity index (χ4n) is 6.83. The molecule has 3 heteroatoms. The van der Waals surface area contributed by atoms with Crippen LogP contribution in [0.3, 0.4) is 0 Å². The van der Waals surface area contributed by atoms with Gasteiger partial charge in [0.2, 0.25) is 0 Å². The van der Waals surface area contributed by atoms with Crippen molar-refractivity contribution in [3.63, 3.8) is 0 Å². The topological polar surface area (TPSA) is 54.4 Å². The van der Waals surface area contributed by atoms with Crippen molar-refractivity contribution in [2.75, 3.05) is 0 Å².